The van der Waals surface area contributed by atoms with E-state index in [1.54, 1.807) is 26.0 Å². The van der Waals surface area contributed by atoms with Crippen molar-refractivity contribution in [3.05, 3.63) is 35.6 Å². The van der Waals surface area contributed by atoms with Crippen molar-refractivity contribution in [3.63, 3.8) is 0 Å². The summed E-state index contributed by atoms with van der Waals surface area (Å²) in [5.41, 5.74) is 4.71. The van der Waals surface area contributed by atoms with E-state index in [-0.39, 0.29) is 18.6 Å². The Hall–Kier alpha value is -1.42. The minimum atomic E-state index is -1.40. The van der Waals surface area contributed by atoms with Crippen molar-refractivity contribution in [1.82, 2.24) is 0 Å². The summed E-state index contributed by atoms with van der Waals surface area (Å²) in [5.74, 6) is -1.08. The smallest absolute Gasteiger partial charge is 0.330 e. The minimum Gasteiger partial charge on any atom is -0.464 e. The van der Waals surface area contributed by atoms with Gasteiger partial charge in [-0.2, -0.15) is 0 Å². The second-order valence-corrected chi connectivity index (χ2v) is 3.53. The normalized spacial score (nSPS) is 14.2. The molecular formula is C12H16FNO2. The summed E-state index contributed by atoms with van der Waals surface area (Å²) in [4.78, 5) is 11.7. The number of carbonyl (C=O) groups is 1. The molecule has 0 aliphatic rings. The van der Waals surface area contributed by atoms with Gasteiger partial charge in [0.25, 0.3) is 0 Å². The lowest BCUT2D eigenvalue weighted by molar-refractivity contribution is -0.150. The quantitative estimate of drug-likeness (QED) is 0.797. The number of halogens is 1. The van der Waals surface area contributed by atoms with E-state index in [0.29, 0.717) is 0 Å². The van der Waals surface area contributed by atoms with Crippen LogP contribution >= 0.6 is 0 Å². The Morgan fingerprint density at radius 1 is 1.44 bits per heavy atom. The van der Waals surface area contributed by atoms with E-state index in [2.05, 4.69) is 0 Å². The van der Waals surface area contributed by atoms with Gasteiger partial charge in [0.15, 0.2) is 0 Å². The van der Waals surface area contributed by atoms with Gasteiger partial charge >= 0.3 is 5.97 Å². The largest absolute Gasteiger partial charge is 0.464 e. The van der Waals surface area contributed by atoms with Gasteiger partial charge in [-0.15, -0.1) is 0 Å². The van der Waals surface area contributed by atoms with E-state index in [9.17, 15) is 9.18 Å². The van der Waals surface area contributed by atoms with E-state index in [1.807, 2.05) is 0 Å². The van der Waals surface area contributed by atoms with Crippen molar-refractivity contribution < 1.29 is 13.9 Å². The van der Waals surface area contributed by atoms with E-state index >= 15 is 0 Å². The number of hydrogen-bond acceptors (Lipinski definition) is 3. The molecule has 0 spiro atoms. The topological polar surface area (TPSA) is 52.3 Å². The molecule has 0 fully saturated rings. The predicted molar refractivity (Wildman–Crippen MR) is 59.2 cm³/mol. The highest BCUT2D eigenvalue weighted by atomic mass is 19.1. The first-order valence-corrected chi connectivity index (χ1v) is 5.27. The van der Waals surface area contributed by atoms with E-state index in [4.69, 9.17) is 10.5 Å². The second-order valence-electron chi connectivity index (χ2n) is 3.53. The fraction of sp³-hybridized carbons (Fsp3) is 0.417. The number of benzene rings is 1. The van der Waals surface area contributed by atoms with Gasteiger partial charge in [0, 0.05) is 5.56 Å². The molecule has 16 heavy (non-hydrogen) atoms. The highest BCUT2D eigenvalue weighted by molar-refractivity contribution is 5.82. The first kappa shape index (κ1) is 12.6. The summed E-state index contributed by atoms with van der Waals surface area (Å²) < 4.78 is 18.5. The predicted octanol–water partition coefficient (Wildman–Crippen LogP) is 1.95. The SMILES string of the molecule is CCOC(=O)C(N)(CC)c1ccccc1F. The van der Waals surface area contributed by atoms with Crippen molar-refractivity contribution >= 4 is 5.97 Å². The van der Waals surface area contributed by atoms with Gasteiger partial charge in [0.05, 0.1) is 6.61 Å². The Labute approximate surface area is 94.4 Å². The van der Waals surface area contributed by atoms with E-state index < -0.39 is 17.3 Å². The summed E-state index contributed by atoms with van der Waals surface area (Å²) in [5, 5.41) is 0. The van der Waals surface area contributed by atoms with Crippen molar-refractivity contribution in [2.24, 2.45) is 5.73 Å². The van der Waals surface area contributed by atoms with Crippen LogP contribution in [0, 0.1) is 5.82 Å². The molecule has 2 N–H and O–H groups in total. The zero-order valence-corrected chi connectivity index (χ0v) is 9.50. The Morgan fingerprint density at radius 2 is 2.06 bits per heavy atom. The molecule has 1 aromatic carbocycles. The van der Waals surface area contributed by atoms with Gasteiger partial charge in [-0.1, -0.05) is 25.1 Å². The number of nitrogens with two attached hydrogens (primary N) is 1. The fourth-order valence-corrected chi connectivity index (χ4v) is 1.53. The highest BCUT2D eigenvalue weighted by Crippen LogP contribution is 2.26. The third-order valence-electron chi connectivity index (χ3n) is 2.55. The van der Waals surface area contributed by atoms with E-state index in [1.165, 1.54) is 12.1 Å². The maximum atomic E-state index is 13.6. The van der Waals surface area contributed by atoms with Crippen molar-refractivity contribution in [1.29, 1.82) is 0 Å². The summed E-state index contributed by atoms with van der Waals surface area (Å²) in [6.07, 6.45) is 0.284. The molecule has 0 radical (unpaired) electrons. The maximum absolute atomic E-state index is 13.6. The Bertz CT molecular complexity index is 381. The lowest BCUT2D eigenvalue weighted by atomic mass is 9.88. The maximum Gasteiger partial charge on any atom is 0.330 e. The monoisotopic (exact) mass is 225 g/mol. The molecule has 1 unspecified atom stereocenters. The Kier molecular flexibility index (Phi) is 4.01. The minimum absolute atomic E-state index is 0.177. The molecule has 1 aromatic rings. The van der Waals surface area contributed by atoms with Crippen LogP contribution in [0.25, 0.3) is 0 Å². The number of rotatable bonds is 4. The standard InChI is InChI=1S/C12H16FNO2/c1-3-12(14,11(15)16-4-2)9-7-5-6-8-10(9)13/h5-8H,3-4,14H2,1-2H3. The zero-order valence-electron chi connectivity index (χ0n) is 9.50. The lowest BCUT2D eigenvalue weighted by Crippen LogP contribution is -2.46. The van der Waals surface area contributed by atoms with Gasteiger partial charge in [-0.3, -0.25) is 0 Å². The van der Waals surface area contributed by atoms with Gasteiger partial charge in [-0.05, 0) is 19.4 Å². The van der Waals surface area contributed by atoms with Crippen LogP contribution in [0.5, 0.6) is 0 Å². The second kappa shape index (κ2) is 5.07. The number of esters is 1. The Morgan fingerprint density at radius 3 is 2.56 bits per heavy atom. The van der Waals surface area contributed by atoms with Crippen LogP contribution in [-0.2, 0) is 15.1 Å². The molecule has 0 amide bonds. The molecule has 0 aromatic heterocycles. The Balaban J connectivity index is 3.14. The molecule has 0 aliphatic carbocycles. The first-order chi connectivity index (χ1) is 7.56. The van der Waals surface area contributed by atoms with Gasteiger partial charge in [0.2, 0.25) is 0 Å². The average molecular weight is 225 g/mol. The number of carbonyl (C=O) groups excluding carboxylic acids is 1. The molecule has 0 aliphatic heterocycles. The summed E-state index contributed by atoms with van der Waals surface area (Å²) in [6.45, 7) is 3.64. The van der Waals surface area contributed by atoms with Gasteiger partial charge < -0.3 is 10.5 Å². The van der Waals surface area contributed by atoms with Crippen LogP contribution in [0.15, 0.2) is 24.3 Å². The molecule has 1 rings (SSSR count). The molecule has 0 bridgehead atoms. The van der Waals surface area contributed by atoms with Crippen LogP contribution in [0.2, 0.25) is 0 Å². The fourth-order valence-electron chi connectivity index (χ4n) is 1.53. The van der Waals surface area contributed by atoms with Crippen LogP contribution in [0.1, 0.15) is 25.8 Å². The molecule has 4 heteroatoms. The van der Waals surface area contributed by atoms with Crippen molar-refractivity contribution in [2.45, 2.75) is 25.8 Å². The summed E-state index contributed by atoms with van der Waals surface area (Å²) >= 11 is 0. The molecule has 3 nitrogen and oxygen atoms in total. The van der Waals surface area contributed by atoms with Crippen molar-refractivity contribution in [2.75, 3.05) is 6.61 Å². The number of hydrogen-bond donors (Lipinski definition) is 1. The van der Waals surface area contributed by atoms with Crippen LogP contribution in [0.3, 0.4) is 0 Å². The van der Waals surface area contributed by atoms with Crippen molar-refractivity contribution in [3.8, 4) is 0 Å². The average Bonchev–Trinajstić information content (AvgIpc) is 2.29. The molecule has 0 saturated heterocycles. The lowest BCUT2D eigenvalue weighted by Gasteiger charge is -2.26. The van der Waals surface area contributed by atoms with Gasteiger partial charge in [0.1, 0.15) is 11.4 Å². The number of ether oxygens (including phenoxy) is 1. The van der Waals surface area contributed by atoms with Crippen LogP contribution in [0.4, 0.5) is 4.39 Å². The molecule has 0 saturated carbocycles. The van der Waals surface area contributed by atoms with E-state index in [0.717, 1.165) is 0 Å². The molecule has 88 valence electrons. The summed E-state index contributed by atoms with van der Waals surface area (Å²) in [6, 6.07) is 6.00. The highest BCUT2D eigenvalue weighted by Gasteiger charge is 2.37. The molecular weight excluding hydrogens is 209 g/mol. The zero-order chi connectivity index (χ0) is 12.2. The van der Waals surface area contributed by atoms with Crippen LogP contribution < -0.4 is 5.73 Å². The summed E-state index contributed by atoms with van der Waals surface area (Å²) in [7, 11) is 0. The molecule has 0 heterocycles. The third kappa shape index (κ3) is 2.22. The third-order valence-corrected chi connectivity index (χ3v) is 2.55. The first-order valence-electron chi connectivity index (χ1n) is 5.27. The van der Waals surface area contributed by atoms with Crippen LogP contribution in [-0.4, -0.2) is 12.6 Å². The van der Waals surface area contributed by atoms with Gasteiger partial charge in [-0.25, -0.2) is 9.18 Å². The molecule has 1 atom stereocenters.